The monoisotopic (exact) mass is 451 g/mol. The smallest absolute Gasteiger partial charge is 0.146 e. The first-order valence-corrected chi connectivity index (χ1v) is 13.3. The Morgan fingerprint density at radius 1 is 0.970 bits per heavy atom. The Morgan fingerprint density at radius 2 is 1.73 bits per heavy atom. The van der Waals surface area contributed by atoms with E-state index in [9.17, 15) is 4.79 Å². The zero-order valence-corrected chi connectivity index (χ0v) is 20.5. The first-order chi connectivity index (χ1) is 16.2. The van der Waals surface area contributed by atoms with Crippen molar-refractivity contribution in [1.82, 2.24) is 4.90 Å². The second-order valence-electron chi connectivity index (χ2n) is 10.6. The van der Waals surface area contributed by atoms with Crippen molar-refractivity contribution in [3.05, 3.63) is 29.8 Å². The van der Waals surface area contributed by atoms with Gasteiger partial charge in [0.2, 0.25) is 0 Å². The van der Waals surface area contributed by atoms with Crippen LogP contribution in [-0.4, -0.2) is 69.7 Å². The van der Waals surface area contributed by atoms with Gasteiger partial charge in [0, 0.05) is 62.6 Å². The van der Waals surface area contributed by atoms with E-state index in [-0.39, 0.29) is 0 Å². The van der Waals surface area contributed by atoms with Crippen LogP contribution in [0.3, 0.4) is 0 Å². The minimum Gasteiger partial charge on any atom is -0.378 e. The number of benzene rings is 1. The van der Waals surface area contributed by atoms with Gasteiger partial charge < -0.3 is 14.5 Å². The van der Waals surface area contributed by atoms with E-state index in [1.165, 1.54) is 61.9 Å². The van der Waals surface area contributed by atoms with Crippen molar-refractivity contribution in [2.75, 3.05) is 68.8 Å². The molecule has 180 valence electrons. The zero-order valence-electron chi connectivity index (χ0n) is 20.5. The molecule has 4 aliphatic rings. The predicted octanol–water partition coefficient (Wildman–Crippen LogP) is 4.75. The van der Waals surface area contributed by atoms with Crippen LogP contribution in [0.4, 0.5) is 11.4 Å². The van der Waals surface area contributed by atoms with Gasteiger partial charge in [0.25, 0.3) is 0 Å². The summed E-state index contributed by atoms with van der Waals surface area (Å²) in [6.45, 7) is 10.1. The summed E-state index contributed by atoms with van der Waals surface area (Å²) in [6.07, 6.45) is 12.8. The number of hydrogen-bond donors (Lipinski definition) is 0. The van der Waals surface area contributed by atoms with Crippen LogP contribution in [0.25, 0.3) is 5.57 Å². The molecule has 2 saturated heterocycles. The van der Waals surface area contributed by atoms with Crippen molar-refractivity contribution in [2.24, 2.45) is 5.41 Å². The van der Waals surface area contributed by atoms with Crippen LogP contribution >= 0.6 is 0 Å². The lowest BCUT2D eigenvalue weighted by atomic mass is 9.72. The van der Waals surface area contributed by atoms with Crippen LogP contribution < -0.4 is 9.80 Å². The number of hydrogen-bond acceptors (Lipinski definition) is 5. The summed E-state index contributed by atoms with van der Waals surface area (Å²) in [7, 11) is 0. The molecule has 0 aromatic heterocycles. The molecule has 0 N–H and O–H groups in total. The third-order valence-corrected chi connectivity index (χ3v) is 8.58. The number of piperazine rings is 1. The van der Waals surface area contributed by atoms with Crippen LogP contribution in [0.5, 0.6) is 0 Å². The van der Waals surface area contributed by atoms with Crippen molar-refractivity contribution >= 4 is 22.7 Å². The summed E-state index contributed by atoms with van der Waals surface area (Å²) in [4.78, 5) is 19.3. The first-order valence-electron chi connectivity index (χ1n) is 13.3. The number of allylic oxidation sites excluding steroid dienone is 2. The fourth-order valence-corrected chi connectivity index (χ4v) is 6.35. The molecule has 2 aliphatic heterocycles. The van der Waals surface area contributed by atoms with Gasteiger partial charge in [-0.3, -0.25) is 9.69 Å². The first kappa shape index (κ1) is 22.9. The Labute approximate surface area is 199 Å². The van der Waals surface area contributed by atoms with E-state index in [0.29, 0.717) is 24.2 Å². The van der Waals surface area contributed by atoms with Crippen LogP contribution in [0.2, 0.25) is 0 Å². The molecule has 33 heavy (non-hydrogen) atoms. The van der Waals surface area contributed by atoms with Crippen molar-refractivity contribution in [3.63, 3.8) is 0 Å². The van der Waals surface area contributed by atoms with Crippen LogP contribution in [0.1, 0.15) is 63.9 Å². The molecule has 1 spiro atoms. The lowest BCUT2D eigenvalue weighted by Crippen LogP contribution is -2.48. The molecule has 0 radical (unpaired) electrons. The molecule has 1 saturated carbocycles. The normalized spacial score (nSPS) is 23.7. The van der Waals surface area contributed by atoms with Crippen LogP contribution in [0, 0.1) is 5.41 Å². The Balaban J connectivity index is 1.38. The summed E-state index contributed by atoms with van der Waals surface area (Å²) < 4.78 is 5.60. The maximum Gasteiger partial charge on any atom is 0.146 e. The second kappa shape index (κ2) is 10.2. The lowest BCUT2D eigenvalue weighted by Gasteiger charge is -2.38. The van der Waals surface area contributed by atoms with Gasteiger partial charge in [-0.25, -0.2) is 0 Å². The summed E-state index contributed by atoms with van der Waals surface area (Å²) in [5, 5.41) is 0. The molecule has 2 aliphatic carbocycles. The van der Waals surface area contributed by atoms with E-state index < -0.39 is 0 Å². The van der Waals surface area contributed by atoms with Crippen molar-refractivity contribution in [2.45, 2.75) is 58.3 Å². The zero-order chi connectivity index (χ0) is 22.7. The standard InChI is InChI=1S/C28H41N3O2/c1-2-25(32)22-29-13-15-31(16-14-29)27-6-5-24(30-17-19-33-20-18-30)21-26(27)23-7-11-28(12-8-23)9-3-4-10-28/h5-7,21H,2-4,8-20,22H2,1H3. The Hall–Kier alpha value is -1.85. The van der Waals surface area contributed by atoms with Crippen molar-refractivity contribution < 1.29 is 9.53 Å². The van der Waals surface area contributed by atoms with Crippen LogP contribution in [-0.2, 0) is 9.53 Å². The van der Waals surface area contributed by atoms with E-state index >= 15 is 0 Å². The number of Topliss-reactive ketones (excluding diaryl/α,β-unsaturated/α-hetero) is 1. The molecule has 0 atom stereocenters. The van der Waals surface area contributed by atoms with Crippen molar-refractivity contribution in [3.8, 4) is 0 Å². The predicted molar refractivity (Wildman–Crippen MR) is 136 cm³/mol. The third kappa shape index (κ3) is 5.14. The van der Waals surface area contributed by atoms with Gasteiger partial charge in [-0.05, 0) is 61.3 Å². The minimum absolute atomic E-state index is 0.354. The van der Waals surface area contributed by atoms with E-state index in [1.807, 2.05) is 6.92 Å². The second-order valence-corrected chi connectivity index (χ2v) is 10.6. The van der Waals surface area contributed by atoms with E-state index in [4.69, 9.17) is 4.74 Å². The Morgan fingerprint density at radius 3 is 2.39 bits per heavy atom. The number of ether oxygens (including phenoxy) is 1. The SMILES string of the molecule is CCC(=O)CN1CCN(c2ccc(N3CCOCC3)cc2C2=CCC3(CCCC3)CC2)CC1. The summed E-state index contributed by atoms with van der Waals surface area (Å²) in [6, 6.07) is 7.15. The molecule has 5 nitrogen and oxygen atoms in total. The summed E-state index contributed by atoms with van der Waals surface area (Å²) >= 11 is 0. The molecule has 3 fully saturated rings. The highest BCUT2D eigenvalue weighted by atomic mass is 16.5. The quantitative estimate of drug-likeness (QED) is 0.624. The number of ketones is 1. The number of carbonyl (C=O) groups is 1. The number of rotatable bonds is 6. The number of carbonyl (C=O) groups excluding carboxylic acids is 1. The molecule has 0 unspecified atom stereocenters. The topological polar surface area (TPSA) is 36.0 Å². The van der Waals surface area contributed by atoms with Gasteiger partial charge in [-0.1, -0.05) is 25.8 Å². The fourth-order valence-electron chi connectivity index (χ4n) is 6.35. The van der Waals surface area contributed by atoms with Gasteiger partial charge in [-0.15, -0.1) is 0 Å². The average Bonchev–Trinajstić information content (AvgIpc) is 3.33. The highest BCUT2D eigenvalue weighted by Crippen LogP contribution is 2.50. The third-order valence-electron chi connectivity index (χ3n) is 8.58. The molecule has 5 heteroatoms. The van der Waals surface area contributed by atoms with E-state index in [1.54, 1.807) is 5.57 Å². The molecule has 0 amide bonds. The van der Waals surface area contributed by atoms with E-state index in [2.05, 4.69) is 39.0 Å². The highest BCUT2D eigenvalue weighted by molar-refractivity contribution is 5.81. The number of nitrogens with zero attached hydrogens (tertiary/aromatic N) is 3. The fraction of sp³-hybridized carbons (Fsp3) is 0.679. The number of morpholine rings is 1. The molecular formula is C28H41N3O2. The number of anilines is 2. The molecular weight excluding hydrogens is 410 g/mol. The van der Waals surface area contributed by atoms with E-state index in [0.717, 1.165) is 52.5 Å². The average molecular weight is 452 g/mol. The molecule has 1 aromatic rings. The molecule has 2 heterocycles. The minimum atomic E-state index is 0.354. The van der Waals surface area contributed by atoms with Gasteiger partial charge in [0.15, 0.2) is 0 Å². The maximum atomic E-state index is 11.9. The summed E-state index contributed by atoms with van der Waals surface area (Å²) in [5.74, 6) is 0.354. The largest absolute Gasteiger partial charge is 0.378 e. The Kier molecular flexibility index (Phi) is 7.07. The van der Waals surface area contributed by atoms with Gasteiger partial charge >= 0.3 is 0 Å². The van der Waals surface area contributed by atoms with Gasteiger partial charge in [0.1, 0.15) is 5.78 Å². The highest BCUT2D eigenvalue weighted by Gasteiger charge is 2.35. The Bertz CT molecular complexity index is 860. The van der Waals surface area contributed by atoms with Crippen molar-refractivity contribution in [1.29, 1.82) is 0 Å². The lowest BCUT2D eigenvalue weighted by molar-refractivity contribution is -0.119. The molecule has 5 rings (SSSR count). The van der Waals surface area contributed by atoms with Gasteiger partial charge in [-0.2, -0.15) is 0 Å². The van der Waals surface area contributed by atoms with Crippen LogP contribution in [0.15, 0.2) is 24.3 Å². The van der Waals surface area contributed by atoms with Gasteiger partial charge in [0.05, 0.1) is 19.8 Å². The molecule has 1 aromatic carbocycles. The maximum absolute atomic E-state index is 11.9. The molecule has 0 bridgehead atoms. The summed E-state index contributed by atoms with van der Waals surface area (Å²) in [5.41, 5.74) is 6.34.